The lowest BCUT2D eigenvalue weighted by molar-refractivity contribution is -0.141. The van der Waals surface area contributed by atoms with E-state index < -0.39 is 11.9 Å². The summed E-state index contributed by atoms with van der Waals surface area (Å²) in [6.45, 7) is 0.907. The summed E-state index contributed by atoms with van der Waals surface area (Å²) < 4.78 is 37.0. The molecule has 3 nitrogen and oxygen atoms in total. The second kappa shape index (κ2) is 3.58. The van der Waals surface area contributed by atoms with E-state index in [0.717, 1.165) is 25.6 Å². The number of hydrogen-bond acceptors (Lipinski definition) is 3. The maximum atomic E-state index is 12.3. The average molecular weight is 243 g/mol. The summed E-state index contributed by atoms with van der Waals surface area (Å²) in [6, 6.07) is 0.450. The van der Waals surface area contributed by atoms with Crippen molar-refractivity contribution < 1.29 is 13.2 Å². The van der Waals surface area contributed by atoms with Gasteiger partial charge in [0.1, 0.15) is 5.82 Å². The zero-order chi connectivity index (χ0) is 12.0. The van der Waals surface area contributed by atoms with Gasteiger partial charge in [-0.05, 0) is 25.2 Å². The molecule has 2 atom stereocenters. The number of alkyl halides is 3. The summed E-state index contributed by atoms with van der Waals surface area (Å²) in [6.07, 6.45) is 1.14. The minimum absolute atomic E-state index is 0.450. The highest BCUT2D eigenvalue weighted by Gasteiger charge is 2.39. The van der Waals surface area contributed by atoms with Crippen LogP contribution in [0.5, 0.6) is 0 Å². The summed E-state index contributed by atoms with van der Waals surface area (Å²) in [5.41, 5.74) is -0.925. The summed E-state index contributed by atoms with van der Waals surface area (Å²) in [7, 11) is 0. The Kier molecular flexibility index (Phi) is 2.27. The molecule has 1 aliphatic carbocycles. The molecule has 2 bridgehead atoms. The van der Waals surface area contributed by atoms with Crippen molar-refractivity contribution in [2.75, 3.05) is 11.4 Å². The molecule has 6 heteroatoms. The van der Waals surface area contributed by atoms with Gasteiger partial charge in [0.2, 0.25) is 0 Å². The molecule has 0 N–H and O–H groups in total. The van der Waals surface area contributed by atoms with Crippen molar-refractivity contribution in [1.82, 2.24) is 9.97 Å². The van der Waals surface area contributed by atoms with E-state index in [1.165, 1.54) is 12.6 Å². The summed E-state index contributed by atoms with van der Waals surface area (Å²) in [5, 5.41) is 0. The molecule has 3 rings (SSSR count). The fraction of sp³-hybridized carbons (Fsp3) is 0.636. The molecule has 92 valence electrons. The van der Waals surface area contributed by atoms with Crippen molar-refractivity contribution in [3.8, 4) is 0 Å². The van der Waals surface area contributed by atoms with Gasteiger partial charge < -0.3 is 4.90 Å². The highest BCUT2D eigenvalue weighted by Crippen LogP contribution is 2.39. The number of nitrogens with zero attached hydrogens (tertiary/aromatic N) is 3. The van der Waals surface area contributed by atoms with Crippen LogP contribution < -0.4 is 4.90 Å². The molecule has 0 radical (unpaired) electrons. The number of hydrogen-bond donors (Lipinski definition) is 0. The first kappa shape index (κ1) is 10.8. The van der Waals surface area contributed by atoms with Crippen molar-refractivity contribution in [3.63, 3.8) is 0 Å². The maximum Gasteiger partial charge on any atom is 0.434 e. The third-order valence-corrected chi connectivity index (χ3v) is 3.63. The van der Waals surface area contributed by atoms with Crippen molar-refractivity contribution in [2.45, 2.75) is 31.5 Å². The second-order valence-corrected chi connectivity index (χ2v) is 4.74. The molecule has 0 aromatic carbocycles. The van der Waals surface area contributed by atoms with Gasteiger partial charge in [-0.15, -0.1) is 0 Å². The minimum Gasteiger partial charge on any atom is -0.352 e. The van der Waals surface area contributed by atoms with Crippen LogP contribution >= 0.6 is 0 Å². The predicted octanol–water partition coefficient (Wildman–Crippen LogP) is 2.48. The molecule has 1 aromatic rings. The first-order valence-corrected chi connectivity index (χ1v) is 5.70. The van der Waals surface area contributed by atoms with Crippen molar-refractivity contribution in [1.29, 1.82) is 0 Å². The Morgan fingerprint density at radius 3 is 2.47 bits per heavy atom. The number of anilines is 1. The van der Waals surface area contributed by atoms with E-state index in [1.54, 1.807) is 0 Å². The third-order valence-electron chi connectivity index (χ3n) is 3.63. The lowest BCUT2D eigenvalue weighted by atomic mass is 10.1. The lowest BCUT2D eigenvalue weighted by Crippen LogP contribution is -2.32. The first-order chi connectivity index (χ1) is 8.04. The van der Waals surface area contributed by atoms with Gasteiger partial charge in [-0.25, -0.2) is 9.97 Å². The lowest BCUT2D eigenvalue weighted by Gasteiger charge is -2.27. The zero-order valence-corrected chi connectivity index (χ0v) is 9.11. The van der Waals surface area contributed by atoms with Gasteiger partial charge in [-0.1, -0.05) is 0 Å². The van der Waals surface area contributed by atoms with Crippen LogP contribution in [0.3, 0.4) is 0 Å². The van der Waals surface area contributed by atoms with Gasteiger partial charge in [-0.2, -0.15) is 13.2 Å². The van der Waals surface area contributed by atoms with E-state index >= 15 is 0 Å². The largest absolute Gasteiger partial charge is 0.434 e. The van der Waals surface area contributed by atoms with Crippen LogP contribution in [-0.2, 0) is 6.18 Å². The normalized spacial score (nSPS) is 27.8. The second-order valence-electron chi connectivity index (χ2n) is 4.74. The van der Waals surface area contributed by atoms with Gasteiger partial charge in [0, 0.05) is 12.6 Å². The van der Waals surface area contributed by atoms with E-state index in [2.05, 4.69) is 14.9 Å². The summed E-state index contributed by atoms with van der Waals surface area (Å²) in [5.74, 6) is 1.26. The number of aromatic nitrogens is 2. The monoisotopic (exact) mass is 243 g/mol. The van der Waals surface area contributed by atoms with Crippen LogP contribution in [0.15, 0.2) is 12.4 Å². The van der Waals surface area contributed by atoms with E-state index in [9.17, 15) is 13.2 Å². The molecule has 2 heterocycles. The Balaban J connectivity index is 1.81. The Bertz CT molecular complexity index is 415. The molecule has 1 aromatic heterocycles. The molecule has 1 saturated heterocycles. The third kappa shape index (κ3) is 1.85. The quantitative estimate of drug-likeness (QED) is 0.758. The van der Waals surface area contributed by atoms with Gasteiger partial charge >= 0.3 is 6.18 Å². The Hall–Kier alpha value is -1.33. The minimum atomic E-state index is -4.41. The molecule has 2 fully saturated rings. The van der Waals surface area contributed by atoms with E-state index in [-0.39, 0.29) is 0 Å². The summed E-state index contributed by atoms with van der Waals surface area (Å²) >= 11 is 0. The Morgan fingerprint density at radius 1 is 1.18 bits per heavy atom. The van der Waals surface area contributed by atoms with E-state index in [0.29, 0.717) is 17.8 Å². The van der Waals surface area contributed by atoms with Crippen molar-refractivity contribution >= 4 is 5.82 Å². The van der Waals surface area contributed by atoms with Crippen molar-refractivity contribution in [3.05, 3.63) is 18.1 Å². The van der Waals surface area contributed by atoms with Crippen LogP contribution in [0, 0.1) is 5.92 Å². The topological polar surface area (TPSA) is 29.0 Å². The number of piperidine rings is 1. The van der Waals surface area contributed by atoms with Crippen LogP contribution in [0.4, 0.5) is 19.0 Å². The maximum absolute atomic E-state index is 12.3. The number of fused-ring (bicyclic) bond motifs is 2. The SMILES string of the molecule is FC(F)(F)c1cnc(N2C[C@@H]3CC[C@H]2C3)cn1. The predicted molar refractivity (Wildman–Crippen MR) is 55.5 cm³/mol. The molecule has 0 spiro atoms. The number of rotatable bonds is 1. The zero-order valence-electron chi connectivity index (χ0n) is 9.11. The Morgan fingerprint density at radius 2 is 2.00 bits per heavy atom. The molecule has 0 unspecified atom stereocenters. The van der Waals surface area contributed by atoms with Crippen molar-refractivity contribution in [2.24, 2.45) is 5.92 Å². The van der Waals surface area contributed by atoms with Crippen LogP contribution in [0.2, 0.25) is 0 Å². The van der Waals surface area contributed by atoms with E-state index in [1.807, 2.05) is 0 Å². The average Bonchev–Trinajstić information content (AvgIpc) is 2.89. The van der Waals surface area contributed by atoms with E-state index in [4.69, 9.17) is 0 Å². The van der Waals surface area contributed by atoms with Crippen LogP contribution in [0.1, 0.15) is 25.0 Å². The van der Waals surface area contributed by atoms with Gasteiger partial charge in [0.05, 0.1) is 12.4 Å². The molecular formula is C11H12F3N3. The van der Waals surface area contributed by atoms with Gasteiger partial charge in [0.25, 0.3) is 0 Å². The summed E-state index contributed by atoms with van der Waals surface area (Å²) in [4.78, 5) is 9.42. The highest BCUT2D eigenvalue weighted by molar-refractivity contribution is 5.40. The molecule has 2 aliphatic rings. The molecule has 1 saturated carbocycles. The van der Waals surface area contributed by atoms with Gasteiger partial charge in [0.15, 0.2) is 5.69 Å². The first-order valence-electron chi connectivity index (χ1n) is 5.70. The van der Waals surface area contributed by atoms with Crippen LogP contribution in [-0.4, -0.2) is 22.6 Å². The molecular weight excluding hydrogens is 231 g/mol. The highest BCUT2D eigenvalue weighted by atomic mass is 19.4. The fourth-order valence-electron chi connectivity index (χ4n) is 2.82. The molecule has 17 heavy (non-hydrogen) atoms. The number of halogens is 3. The Labute approximate surface area is 96.7 Å². The standard InChI is InChI=1S/C11H12F3N3/c12-11(13,14)9-4-16-10(5-15-9)17-6-7-1-2-8(17)3-7/h4-5,7-8H,1-3,6H2/t7-,8+/m1/s1. The van der Waals surface area contributed by atoms with Crippen LogP contribution in [0.25, 0.3) is 0 Å². The fourth-order valence-corrected chi connectivity index (χ4v) is 2.82. The van der Waals surface area contributed by atoms with Gasteiger partial charge in [-0.3, -0.25) is 0 Å². The molecule has 1 aliphatic heterocycles. The molecule has 0 amide bonds. The smallest absolute Gasteiger partial charge is 0.352 e.